The summed E-state index contributed by atoms with van der Waals surface area (Å²) in [5.74, 6) is -0.595. The van der Waals surface area contributed by atoms with Crippen LogP contribution in [-0.2, 0) is 11.0 Å². The second-order valence-corrected chi connectivity index (χ2v) is 5.74. The summed E-state index contributed by atoms with van der Waals surface area (Å²) in [4.78, 5) is 16.5. The highest BCUT2D eigenvalue weighted by Crippen LogP contribution is 2.31. The summed E-state index contributed by atoms with van der Waals surface area (Å²) >= 11 is 0. The van der Waals surface area contributed by atoms with E-state index in [-0.39, 0.29) is 5.92 Å². The molecule has 1 fully saturated rings. The molecule has 0 aromatic carbocycles. The van der Waals surface area contributed by atoms with Gasteiger partial charge >= 0.3 is 12.4 Å². The molecule has 0 saturated carbocycles. The lowest BCUT2D eigenvalue weighted by Crippen LogP contribution is -2.38. The molecular weight excluding hydrogens is 338 g/mol. The minimum absolute atomic E-state index is 0.0496. The van der Waals surface area contributed by atoms with Crippen molar-refractivity contribution in [1.82, 2.24) is 9.88 Å². The van der Waals surface area contributed by atoms with E-state index in [4.69, 9.17) is 0 Å². The van der Waals surface area contributed by atoms with Gasteiger partial charge in [-0.05, 0) is 30.4 Å². The fraction of sp³-hybridized carbons (Fsp3) is 0.600. The summed E-state index contributed by atoms with van der Waals surface area (Å²) in [6.07, 6.45) is -8.42. The van der Waals surface area contributed by atoms with Gasteiger partial charge in [0.15, 0.2) is 0 Å². The Morgan fingerprint density at radius 3 is 2.21 bits per heavy atom. The van der Waals surface area contributed by atoms with Gasteiger partial charge in [0.25, 0.3) is 0 Å². The number of carbonyl (C=O) groups is 1. The van der Waals surface area contributed by atoms with Crippen molar-refractivity contribution < 1.29 is 31.1 Å². The standard InChI is InChI=1S/C15H16F6N2O/c16-14(17,18)6-3-13(24)23-7-4-10(5-8-23)11-1-2-12(22-9-11)15(19,20)21/h1-2,9-10H,3-8H2. The number of pyridine rings is 1. The maximum Gasteiger partial charge on any atom is 0.433 e. The third-order valence-electron chi connectivity index (χ3n) is 4.02. The Balaban J connectivity index is 1.87. The fourth-order valence-corrected chi connectivity index (χ4v) is 2.68. The highest BCUT2D eigenvalue weighted by molar-refractivity contribution is 5.76. The Morgan fingerprint density at radius 1 is 1.12 bits per heavy atom. The Labute approximate surface area is 134 Å². The third kappa shape index (κ3) is 5.10. The topological polar surface area (TPSA) is 33.2 Å². The molecular formula is C15H16F6N2O. The summed E-state index contributed by atoms with van der Waals surface area (Å²) in [7, 11) is 0. The first-order chi connectivity index (χ1) is 11.1. The Hall–Kier alpha value is -1.80. The highest BCUT2D eigenvalue weighted by atomic mass is 19.4. The van der Waals surface area contributed by atoms with Gasteiger partial charge in [-0.2, -0.15) is 26.3 Å². The molecule has 0 bridgehead atoms. The lowest BCUT2D eigenvalue weighted by atomic mass is 9.90. The van der Waals surface area contributed by atoms with Gasteiger partial charge < -0.3 is 4.90 Å². The van der Waals surface area contributed by atoms with Crippen LogP contribution in [0.15, 0.2) is 18.3 Å². The fourth-order valence-electron chi connectivity index (χ4n) is 2.68. The molecule has 1 aromatic heterocycles. The van der Waals surface area contributed by atoms with E-state index in [1.165, 1.54) is 17.2 Å². The normalized spacial score (nSPS) is 17.2. The zero-order valence-electron chi connectivity index (χ0n) is 12.6. The summed E-state index contributed by atoms with van der Waals surface area (Å²) in [5.41, 5.74) is -0.323. The molecule has 1 aliphatic rings. The van der Waals surface area contributed by atoms with Crippen molar-refractivity contribution in [2.45, 2.75) is 44.0 Å². The van der Waals surface area contributed by atoms with E-state index >= 15 is 0 Å². The van der Waals surface area contributed by atoms with E-state index in [1.807, 2.05) is 0 Å². The van der Waals surface area contributed by atoms with E-state index in [0.717, 1.165) is 6.07 Å². The second-order valence-electron chi connectivity index (χ2n) is 5.74. The number of piperidine rings is 1. The van der Waals surface area contributed by atoms with Gasteiger partial charge in [-0.3, -0.25) is 9.78 Å². The van der Waals surface area contributed by atoms with E-state index in [1.54, 1.807) is 0 Å². The molecule has 0 aliphatic carbocycles. The van der Waals surface area contributed by atoms with Gasteiger partial charge in [-0.25, -0.2) is 0 Å². The number of amides is 1. The smallest absolute Gasteiger partial charge is 0.343 e. The second kappa shape index (κ2) is 6.98. The molecule has 24 heavy (non-hydrogen) atoms. The number of alkyl halides is 6. The molecule has 0 atom stereocenters. The molecule has 0 unspecified atom stereocenters. The van der Waals surface area contributed by atoms with Crippen molar-refractivity contribution in [3.8, 4) is 0 Å². The van der Waals surface area contributed by atoms with Crippen LogP contribution in [-0.4, -0.2) is 35.1 Å². The molecule has 2 rings (SSSR count). The first kappa shape index (κ1) is 18.5. The molecule has 0 spiro atoms. The zero-order valence-corrected chi connectivity index (χ0v) is 12.6. The SMILES string of the molecule is O=C(CCC(F)(F)F)N1CCC(c2ccc(C(F)(F)F)nc2)CC1. The molecule has 1 aromatic rings. The number of carbonyl (C=O) groups excluding carboxylic acids is 1. The maximum absolute atomic E-state index is 12.5. The van der Waals surface area contributed by atoms with Crippen molar-refractivity contribution in [3.63, 3.8) is 0 Å². The van der Waals surface area contributed by atoms with Gasteiger partial charge in [0, 0.05) is 25.7 Å². The number of hydrogen-bond donors (Lipinski definition) is 0. The predicted molar refractivity (Wildman–Crippen MR) is 73.1 cm³/mol. The van der Waals surface area contributed by atoms with Crippen molar-refractivity contribution in [2.24, 2.45) is 0 Å². The van der Waals surface area contributed by atoms with Crippen LogP contribution in [0.25, 0.3) is 0 Å². The quantitative estimate of drug-likeness (QED) is 0.764. The lowest BCUT2D eigenvalue weighted by molar-refractivity contribution is -0.149. The van der Waals surface area contributed by atoms with Crippen LogP contribution in [0.5, 0.6) is 0 Å². The molecule has 134 valence electrons. The largest absolute Gasteiger partial charge is 0.433 e. The number of hydrogen-bond acceptors (Lipinski definition) is 2. The van der Waals surface area contributed by atoms with E-state index in [2.05, 4.69) is 4.98 Å². The Bertz CT molecular complexity index is 559. The summed E-state index contributed by atoms with van der Waals surface area (Å²) in [6, 6.07) is 2.28. The average Bonchev–Trinajstić information content (AvgIpc) is 2.51. The molecule has 2 heterocycles. The van der Waals surface area contributed by atoms with Gasteiger partial charge in [0.1, 0.15) is 5.69 Å². The molecule has 0 N–H and O–H groups in total. The van der Waals surface area contributed by atoms with Crippen LogP contribution in [0.3, 0.4) is 0 Å². The minimum atomic E-state index is -4.49. The first-order valence-corrected chi connectivity index (χ1v) is 7.44. The first-order valence-electron chi connectivity index (χ1n) is 7.44. The van der Waals surface area contributed by atoms with E-state index < -0.39 is 36.8 Å². The molecule has 1 aliphatic heterocycles. The van der Waals surface area contributed by atoms with E-state index in [9.17, 15) is 31.1 Å². The molecule has 0 radical (unpaired) electrons. The monoisotopic (exact) mass is 354 g/mol. The lowest BCUT2D eigenvalue weighted by Gasteiger charge is -2.32. The van der Waals surface area contributed by atoms with Crippen molar-refractivity contribution >= 4 is 5.91 Å². The van der Waals surface area contributed by atoms with E-state index in [0.29, 0.717) is 31.5 Å². The zero-order chi connectivity index (χ0) is 18.0. The van der Waals surface area contributed by atoms with Crippen molar-refractivity contribution in [3.05, 3.63) is 29.6 Å². The number of aromatic nitrogens is 1. The van der Waals surface area contributed by atoms with Crippen LogP contribution in [0.1, 0.15) is 42.9 Å². The Kier molecular flexibility index (Phi) is 5.39. The van der Waals surface area contributed by atoms with Crippen molar-refractivity contribution in [2.75, 3.05) is 13.1 Å². The van der Waals surface area contributed by atoms with Gasteiger partial charge in [0.2, 0.25) is 5.91 Å². The maximum atomic E-state index is 12.5. The molecule has 1 saturated heterocycles. The van der Waals surface area contributed by atoms with Crippen molar-refractivity contribution in [1.29, 1.82) is 0 Å². The van der Waals surface area contributed by atoms with Crippen LogP contribution in [0.4, 0.5) is 26.3 Å². The summed E-state index contributed by atoms with van der Waals surface area (Å²) < 4.78 is 73.8. The van der Waals surface area contributed by atoms with Crippen LogP contribution in [0.2, 0.25) is 0 Å². The Morgan fingerprint density at radius 2 is 1.75 bits per heavy atom. The number of nitrogens with zero attached hydrogens (tertiary/aromatic N) is 2. The molecule has 3 nitrogen and oxygen atoms in total. The highest BCUT2D eigenvalue weighted by Gasteiger charge is 2.33. The molecule has 1 amide bonds. The summed E-state index contributed by atoms with van der Waals surface area (Å²) in [5, 5.41) is 0. The number of rotatable bonds is 3. The van der Waals surface area contributed by atoms with Gasteiger partial charge in [-0.1, -0.05) is 6.07 Å². The summed E-state index contributed by atoms with van der Waals surface area (Å²) in [6.45, 7) is 0.588. The number of halogens is 6. The van der Waals surface area contributed by atoms with Crippen LogP contribution in [0, 0.1) is 0 Å². The number of likely N-dealkylation sites (tertiary alicyclic amines) is 1. The van der Waals surface area contributed by atoms with Gasteiger partial charge in [-0.15, -0.1) is 0 Å². The van der Waals surface area contributed by atoms with Gasteiger partial charge in [0.05, 0.1) is 6.42 Å². The van der Waals surface area contributed by atoms with Crippen LogP contribution >= 0.6 is 0 Å². The predicted octanol–water partition coefficient (Wildman–Crippen LogP) is 4.15. The van der Waals surface area contributed by atoms with Crippen LogP contribution < -0.4 is 0 Å². The molecule has 9 heteroatoms. The third-order valence-corrected chi connectivity index (χ3v) is 4.02. The minimum Gasteiger partial charge on any atom is -0.343 e. The average molecular weight is 354 g/mol.